The molecule has 2 aromatic rings. The molecule has 0 aliphatic heterocycles. The lowest BCUT2D eigenvalue weighted by molar-refractivity contribution is -0.385. The molecule has 1 aliphatic carbocycles. The van der Waals surface area contributed by atoms with E-state index in [9.17, 15) is 25.0 Å². The van der Waals surface area contributed by atoms with Gasteiger partial charge in [-0.2, -0.15) is 0 Å². The number of non-ortho nitro benzene ring substituents is 2. The van der Waals surface area contributed by atoms with Crippen molar-refractivity contribution in [3.8, 4) is 0 Å². The molecule has 3 atom stereocenters. The van der Waals surface area contributed by atoms with Gasteiger partial charge in [0.1, 0.15) is 5.78 Å². The second-order valence-electron chi connectivity index (χ2n) is 6.70. The first-order valence-corrected chi connectivity index (χ1v) is 8.38. The first kappa shape index (κ1) is 17.7. The predicted octanol–water partition coefficient (Wildman–Crippen LogP) is 4.37. The number of carbonyl (C=O) groups excluding carboxylic acids is 1. The van der Waals surface area contributed by atoms with Gasteiger partial charge in [0.05, 0.1) is 9.85 Å². The molecule has 0 N–H and O–H groups in total. The number of rotatable bonds is 4. The maximum atomic E-state index is 12.5. The maximum Gasteiger partial charge on any atom is 0.269 e. The molecule has 0 amide bonds. The lowest BCUT2D eigenvalue weighted by Gasteiger charge is -2.33. The Labute approximate surface area is 150 Å². The standard InChI is InChI=1S/C19H18N2O5/c1-12-18(14-5-3-7-17(9-14)21(25)26)10-15(11-19(12)22)13-4-2-6-16(8-13)20(23)24/h2-9,12,15,18H,10-11H2,1H3. The topological polar surface area (TPSA) is 103 Å². The average molecular weight is 354 g/mol. The summed E-state index contributed by atoms with van der Waals surface area (Å²) in [5.74, 6) is -0.459. The zero-order chi connectivity index (χ0) is 18.8. The molecule has 2 aromatic carbocycles. The molecule has 0 heterocycles. The minimum Gasteiger partial charge on any atom is -0.299 e. The lowest BCUT2D eigenvalue weighted by atomic mass is 9.69. The number of carbonyl (C=O) groups is 1. The first-order chi connectivity index (χ1) is 12.4. The number of hydrogen-bond acceptors (Lipinski definition) is 5. The van der Waals surface area contributed by atoms with E-state index < -0.39 is 9.85 Å². The summed E-state index contributed by atoms with van der Waals surface area (Å²) in [6, 6.07) is 12.7. The Hall–Kier alpha value is -3.09. The summed E-state index contributed by atoms with van der Waals surface area (Å²) >= 11 is 0. The molecular weight excluding hydrogens is 336 g/mol. The van der Waals surface area contributed by atoms with Crippen LogP contribution in [-0.2, 0) is 4.79 Å². The van der Waals surface area contributed by atoms with E-state index in [1.165, 1.54) is 24.3 Å². The molecule has 0 saturated heterocycles. The minimum atomic E-state index is -0.450. The van der Waals surface area contributed by atoms with Crippen molar-refractivity contribution in [2.24, 2.45) is 5.92 Å². The molecule has 1 fully saturated rings. The summed E-state index contributed by atoms with van der Waals surface area (Å²) in [5.41, 5.74) is 1.52. The molecule has 3 rings (SSSR count). The van der Waals surface area contributed by atoms with Crippen LogP contribution in [0.15, 0.2) is 48.5 Å². The van der Waals surface area contributed by atoms with Crippen molar-refractivity contribution < 1.29 is 14.6 Å². The minimum absolute atomic E-state index is 0.000351. The number of benzene rings is 2. The quantitative estimate of drug-likeness (QED) is 0.599. The maximum absolute atomic E-state index is 12.5. The van der Waals surface area contributed by atoms with E-state index in [1.54, 1.807) is 24.3 Å². The van der Waals surface area contributed by atoms with Gasteiger partial charge >= 0.3 is 0 Å². The summed E-state index contributed by atoms with van der Waals surface area (Å²) in [5, 5.41) is 22.1. The van der Waals surface area contributed by atoms with Crippen LogP contribution in [0.3, 0.4) is 0 Å². The van der Waals surface area contributed by atoms with Crippen molar-refractivity contribution in [2.45, 2.75) is 31.6 Å². The molecule has 26 heavy (non-hydrogen) atoms. The first-order valence-electron chi connectivity index (χ1n) is 8.38. The van der Waals surface area contributed by atoms with E-state index in [0.717, 1.165) is 11.1 Å². The van der Waals surface area contributed by atoms with Crippen LogP contribution in [0.4, 0.5) is 11.4 Å². The summed E-state index contributed by atoms with van der Waals surface area (Å²) in [6.07, 6.45) is 0.947. The van der Waals surface area contributed by atoms with Crippen LogP contribution >= 0.6 is 0 Å². The van der Waals surface area contributed by atoms with Gasteiger partial charge in [-0.3, -0.25) is 25.0 Å². The Morgan fingerprint density at radius 3 is 2.04 bits per heavy atom. The van der Waals surface area contributed by atoms with Crippen molar-refractivity contribution in [1.82, 2.24) is 0 Å². The second kappa shape index (κ2) is 7.03. The molecule has 7 nitrogen and oxygen atoms in total. The molecule has 0 spiro atoms. The Morgan fingerprint density at radius 2 is 1.46 bits per heavy atom. The zero-order valence-electron chi connectivity index (χ0n) is 14.2. The van der Waals surface area contributed by atoms with E-state index in [4.69, 9.17) is 0 Å². The number of ketones is 1. The van der Waals surface area contributed by atoms with E-state index in [-0.39, 0.29) is 34.9 Å². The fraction of sp³-hybridized carbons (Fsp3) is 0.316. The van der Waals surface area contributed by atoms with Gasteiger partial charge in [0.15, 0.2) is 0 Å². The SMILES string of the molecule is CC1C(=O)CC(c2cccc([N+](=O)[O-])c2)CC1c1cccc([N+](=O)[O-])c1. The number of nitro groups is 2. The molecule has 1 saturated carbocycles. The predicted molar refractivity (Wildman–Crippen MR) is 95.1 cm³/mol. The highest BCUT2D eigenvalue weighted by Gasteiger charge is 2.36. The molecule has 7 heteroatoms. The third-order valence-corrected chi connectivity index (χ3v) is 5.16. The third-order valence-electron chi connectivity index (χ3n) is 5.16. The van der Waals surface area contributed by atoms with Crippen molar-refractivity contribution >= 4 is 17.2 Å². The van der Waals surface area contributed by atoms with Gasteiger partial charge in [0.2, 0.25) is 0 Å². The number of nitro benzene ring substituents is 2. The number of Topliss-reactive ketones (excluding diaryl/α,β-unsaturated/α-hetero) is 1. The van der Waals surface area contributed by atoms with Gasteiger partial charge in [-0.1, -0.05) is 31.2 Å². The van der Waals surface area contributed by atoms with Gasteiger partial charge in [0.25, 0.3) is 11.4 Å². The van der Waals surface area contributed by atoms with Gasteiger partial charge in [-0.25, -0.2) is 0 Å². The van der Waals surface area contributed by atoms with E-state index in [0.29, 0.717) is 12.8 Å². The lowest BCUT2D eigenvalue weighted by Crippen LogP contribution is -2.29. The van der Waals surface area contributed by atoms with Gasteiger partial charge < -0.3 is 0 Å². The van der Waals surface area contributed by atoms with Gasteiger partial charge in [-0.05, 0) is 29.4 Å². The highest BCUT2D eigenvalue weighted by molar-refractivity contribution is 5.83. The highest BCUT2D eigenvalue weighted by Crippen LogP contribution is 2.43. The zero-order valence-corrected chi connectivity index (χ0v) is 14.2. The van der Waals surface area contributed by atoms with Crippen LogP contribution in [0.1, 0.15) is 42.7 Å². The van der Waals surface area contributed by atoms with E-state index in [1.807, 2.05) is 6.92 Å². The Morgan fingerprint density at radius 1 is 0.923 bits per heavy atom. The van der Waals surface area contributed by atoms with Crippen LogP contribution in [0.2, 0.25) is 0 Å². The van der Waals surface area contributed by atoms with Crippen molar-refractivity contribution in [3.63, 3.8) is 0 Å². The fourth-order valence-electron chi connectivity index (χ4n) is 3.69. The van der Waals surface area contributed by atoms with Crippen LogP contribution < -0.4 is 0 Å². The molecule has 0 radical (unpaired) electrons. The molecular formula is C19H18N2O5. The van der Waals surface area contributed by atoms with Gasteiger partial charge in [-0.15, -0.1) is 0 Å². The smallest absolute Gasteiger partial charge is 0.269 e. The van der Waals surface area contributed by atoms with Crippen molar-refractivity contribution in [3.05, 3.63) is 79.9 Å². The molecule has 1 aliphatic rings. The van der Waals surface area contributed by atoms with Crippen LogP contribution in [0.25, 0.3) is 0 Å². The summed E-state index contributed by atoms with van der Waals surface area (Å²) < 4.78 is 0. The van der Waals surface area contributed by atoms with Crippen LogP contribution in [-0.4, -0.2) is 15.6 Å². The Bertz CT molecular complexity index is 880. The number of nitrogens with zero attached hydrogens (tertiary/aromatic N) is 2. The fourth-order valence-corrected chi connectivity index (χ4v) is 3.69. The number of hydrogen-bond donors (Lipinski definition) is 0. The molecule has 134 valence electrons. The highest BCUT2D eigenvalue weighted by atomic mass is 16.6. The largest absolute Gasteiger partial charge is 0.299 e. The summed E-state index contributed by atoms with van der Waals surface area (Å²) in [6.45, 7) is 1.84. The molecule has 3 unspecified atom stereocenters. The van der Waals surface area contributed by atoms with Gasteiger partial charge in [0, 0.05) is 36.6 Å². The summed E-state index contributed by atoms with van der Waals surface area (Å²) in [7, 11) is 0. The third kappa shape index (κ3) is 3.46. The average Bonchev–Trinajstić information content (AvgIpc) is 2.64. The Balaban J connectivity index is 1.93. The van der Waals surface area contributed by atoms with E-state index in [2.05, 4.69) is 0 Å². The van der Waals surface area contributed by atoms with Crippen molar-refractivity contribution in [1.29, 1.82) is 0 Å². The van der Waals surface area contributed by atoms with Crippen LogP contribution in [0.5, 0.6) is 0 Å². The van der Waals surface area contributed by atoms with Crippen LogP contribution in [0, 0.1) is 26.1 Å². The molecule has 0 bridgehead atoms. The molecule has 0 aromatic heterocycles. The van der Waals surface area contributed by atoms with Crippen molar-refractivity contribution in [2.75, 3.05) is 0 Å². The van der Waals surface area contributed by atoms with E-state index >= 15 is 0 Å². The Kier molecular flexibility index (Phi) is 4.79. The monoisotopic (exact) mass is 354 g/mol. The second-order valence-corrected chi connectivity index (χ2v) is 6.70. The normalized spacial score (nSPS) is 22.8. The summed E-state index contributed by atoms with van der Waals surface area (Å²) in [4.78, 5) is 33.7.